The Labute approximate surface area is 141 Å². The number of nitrogens with zero attached hydrogens (tertiary/aromatic N) is 1. The van der Waals surface area contributed by atoms with Gasteiger partial charge in [-0.05, 0) is 51.1 Å². The van der Waals surface area contributed by atoms with E-state index in [1.807, 2.05) is 51.1 Å². The average Bonchev–Trinajstić information content (AvgIpc) is 2.97. The van der Waals surface area contributed by atoms with Crippen LogP contribution in [0.15, 0.2) is 53.0 Å². The second-order valence-electron chi connectivity index (χ2n) is 5.58. The SMILES string of the molecule is Cc1ccc(/C=C/C(=O)OCC(=O)N(c2ccccc2)C(C)C)o1. The van der Waals surface area contributed by atoms with E-state index < -0.39 is 5.97 Å². The van der Waals surface area contributed by atoms with E-state index >= 15 is 0 Å². The Kier molecular flexibility index (Phi) is 5.95. The molecule has 126 valence electrons. The maximum Gasteiger partial charge on any atom is 0.331 e. The van der Waals surface area contributed by atoms with Crippen molar-refractivity contribution in [2.45, 2.75) is 26.8 Å². The molecule has 0 saturated carbocycles. The molecule has 0 aliphatic rings. The summed E-state index contributed by atoms with van der Waals surface area (Å²) < 4.78 is 10.3. The summed E-state index contributed by atoms with van der Waals surface area (Å²) in [5.41, 5.74) is 0.773. The minimum Gasteiger partial charge on any atom is -0.462 e. The molecule has 24 heavy (non-hydrogen) atoms. The number of rotatable bonds is 6. The van der Waals surface area contributed by atoms with Crippen LogP contribution in [-0.2, 0) is 14.3 Å². The van der Waals surface area contributed by atoms with E-state index in [0.717, 1.165) is 11.4 Å². The molecule has 5 heteroatoms. The van der Waals surface area contributed by atoms with Crippen LogP contribution in [0.25, 0.3) is 6.08 Å². The maximum atomic E-state index is 12.4. The van der Waals surface area contributed by atoms with Crippen LogP contribution in [0.3, 0.4) is 0 Å². The molecule has 0 radical (unpaired) electrons. The first-order chi connectivity index (χ1) is 11.5. The van der Waals surface area contributed by atoms with Crippen molar-refractivity contribution in [3.63, 3.8) is 0 Å². The largest absolute Gasteiger partial charge is 0.462 e. The summed E-state index contributed by atoms with van der Waals surface area (Å²) in [5.74, 6) is 0.457. The Bertz CT molecular complexity index is 716. The van der Waals surface area contributed by atoms with Gasteiger partial charge in [-0.2, -0.15) is 0 Å². The summed E-state index contributed by atoms with van der Waals surface area (Å²) >= 11 is 0. The highest BCUT2D eigenvalue weighted by Crippen LogP contribution is 2.16. The van der Waals surface area contributed by atoms with Gasteiger partial charge in [0.25, 0.3) is 5.91 Å². The molecule has 0 atom stereocenters. The number of hydrogen-bond donors (Lipinski definition) is 0. The fourth-order valence-electron chi connectivity index (χ4n) is 2.26. The van der Waals surface area contributed by atoms with Crippen molar-refractivity contribution in [3.8, 4) is 0 Å². The molecule has 0 bridgehead atoms. The van der Waals surface area contributed by atoms with E-state index in [9.17, 15) is 9.59 Å². The van der Waals surface area contributed by atoms with E-state index in [4.69, 9.17) is 9.15 Å². The number of ether oxygens (including phenoxy) is 1. The Morgan fingerprint density at radius 1 is 1.17 bits per heavy atom. The van der Waals surface area contributed by atoms with Crippen molar-refractivity contribution >= 4 is 23.6 Å². The lowest BCUT2D eigenvalue weighted by atomic mass is 10.2. The van der Waals surface area contributed by atoms with Crippen LogP contribution in [0.1, 0.15) is 25.4 Å². The van der Waals surface area contributed by atoms with Crippen molar-refractivity contribution in [2.24, 2.45) is 0 Å². The predicted octanol–water partition coefficient (Wildman–Crippen LogP) is 3.59. The fraction of sp³-hybridized carbons (Fsp3) is 0.263. The molecule has 0 aliphatic carbocycles. The molecule has 0 saturated heterocycles. The first-order valence-corrected chi connectivity index (χ1v) is 7.76. The molecule has 1 aromatic carbocycles. The third-order valence-electron chi connectivity index (χ3n) is 3.30. The lowest BCUT2D eigenvalue weighted by Gasteiger charge is -2.26. The van der Waals surface area contributed by atoms with Crippen LogP contribution in [0.5, 0.6) is 0 Å². The number of para-hydroxylation sites is 1. The Balaban J connectivity index is 1.93. The summed E-state index contributed by atoms with van der Waals surface area (Å²) in [6, 6.07) is 12.8. The molecule has 1 heterocycles. The molecule has 2 aromatic rings. The third kappa shape index (κ3) is 4.84. The molecular weight excluding hydrogens is 306 g/mol. The van der Waals surface area contributed by atoms with Gasteiger partial charge in [0, 0.05) is 17.8 Å². The monoisotopic (exact) mass is 327 g/mol. The zero-order valence-corrected chi connectivity index (χ0v) is 14.1. The van der Waals surface area contributed by atoms with Gasteiger partial charge < -0.3 is 14.1 Å². The Morgan fingerprint density at radius 2 is 1.88 bits per heavy atom. The van der Waals surface area contributed by atoms with Crippen LogP contribution in [0, 0.1) is 6.92 Å². The summed E-state index contributed by atoms with van der Waals surface area (Å²) in [6.45, 7) is 5.32. The van der Waals surface area contributed by atoms with Gasteiger partial charge in [-0.25, -0.2) is 4.79 Å². The number of benzene rings is 1. The highest BCUT2D eigenvalue weighted by atomic mass is 16.5. The van der Waals surface area contributed by atoms with E-state index in [0.29, 0.717) is 5.76 Å². The lowest BCUT2D eigenvalue weighted by Crippen LogP contribution is -2.39. The number of hydrogen-bond acceptors (Lipinski definition) is 4. The number of carbonyl (C=O) groups is 2. The van der Waals surface area contributed by atoms with Gasteiger partial charge in [0.1, 0.15) is 11.5 Å². The van der Waals surface area contributed by atoms with E-state index in [1.165, 1.54) is 12.2 Å². The zero-order chi connectivity index (χ0) is 17.5. The Hall–Kier alpha value is -2.82. The standard InChI is InChI=1S/C19H21NO4/c1-14(2)20(16-7-5-4-6-8-16)18(21)13-23-19(22)12-11-17-10-9-15(3)24-17/h4-12,14H,13H2,1-3H3/b12-11+. The van der Waals surface area contributed by atoms with Crippen LogP contribution in [-0.4, -0.2) is 24.5 Å². The van der Waals surface area contributed by atoms with Gasteiger partial charge in [0.05, 0.1) is 0 Å². The first-order valence-electron chi connectivity index (χ1n) is 7.76. The quantitative estimate of drug-likeness (QED) is 0.601. The molecule has 1 aromatic heterocycles. The van der Waals surface area contributed by atoms with Gasteiger partial charge in [-0.15, -0.1) is 0 Å². The maximum absolute atomic E-state index is 12.4. The molecule has 1 amide bonds. The zero-order valence-electron chi connectivity index (χ0n) is 14.1. The molecule has 0 aliphatic heterocycles. The minimum absolute atomic E-state index is 0.0414. The second kappa shape index (κ2) is 8.15. The molecule has 5 nitrogen and oxygen atoms in total. The average molecular weight is 327 g/mol. The van der Waals surface area contributed by atoms with E-state index in [1.54, 1.807) is 17.0 Å². The highest BCUT2D eigenvalue weighted by molar-refractivity contribution is 5.96. The van der Waals surface area contributed by atoms with Crippen molar-refractivity contribution in [1.29, 1.82) is 0 Å². The molecule has 0 fully saturated rings. The number of aryl methyl sites for hydroxylation is 1. The van der Waals surface area contributed by atoms with Crippen LogP contribution < -0.4 is 4.90 Å². The lowest BCUT2D eigenvalue weighted by molar-refractivity contribution is -0.143. The smallest absolute Gasteiger partial charge is 0.331 e. The third-order valence-corrected chi connectivity index (χ3v) is 3.30. The summed E-state index contributed by atoms with van der Waals surface area (Å²) in [5, 5.41) is 0. The van der Waals surface area contributed by atoms with Crippen molar-refractivity contribution in [2.75, 3.05) is 11.5 Å². The molecule has 2 rings (SSSR count). The normalized spacial score (nSPS) is 11.0. The second-order valence-corrected chi connectivity index (χ2v) is 5.58. The molecular formula is C19H21NO4. The van der Waals surface area contributed by atoms with Crippen LogP contribution >= 0.6 is 0 Å². The van der Waals surface area contributed by atoms with E-state index in [-0.39, 0.29) is 18.6 Å². The van der Waals surface area contributed by atoms with Crippen molar-refractivity contribution < 1.29 is 18.7 Å². The van der Waals surface area contributed by atoms with Gasteiger partial charge in [0.15, 0.2) is 6.61 Å². The first kappa shape index (κ1) is 17.5. The van der Waals surface area contributed by atoms with Gasteiger partial charge in [-0.1, -0.05) is 18.2 Å². The van der Waals surface area contributed by atoms with Crippen molar-refractivity contribution in [1.82, 2.24) is 0 Å². The number of anilines is 1. The fourth-order valence-corrected chi connectivity index (χ4v) is 2.26. The summed E-state index contributed by atoms with van der Waals surface area (Å²) in [7, 11) is 0. The highest BCUT2D eigenvalue weighted by Gasteiger charge is 2.19. The number of carbonyl (C=O) groups excluding carboxylic acids is 2. The predicted molar refractivity (Wildman–Crippen MR) is 92.5 cm³/mol. The van der Waals surface area contributed by atoms with Gasteiger partial charge >= 0.3 is 5.97 Å². The number of esters is 1. The van der Waals surface area contributed by atoms with E-state index in [2.05, 4.69) is 0 Å². The van der Waals surface area contributed by atoms with Crippen LogP contribution in [0.4, 0.5) is 5.69 Å². The minimum atomic E-state index is -0.589. The Morgan fingerprint density at radius 3 is 2.46 bits per heavy atom. The molecule has 0 unspecified atom stereocenters. The number of furan rings is 1. The molecule has 0 N–H and O–H groups in total. The van der Waals surface area contributed by atoms with Crippen LogP contribution in [0.2, 0.25) is 0 Å². The summed E-state index contributed by atoms with van der Waals surface area (Å²) in [6.07, 6.45) is 2.75. The number of amides is 1. The van der Waals surface area contributed by atoms with Gasteiger partial charge in [0.2, 0.25) is 0 Å². The van der Waals surface area contributed by atoms with Crippen molar-refractivity contribution in [3.05, 3.63) is 60.1 Å². The molecule has 0 spiro atoms. The summed E-state index contributed by atoms with van der Waals surface area (Å²) in [4.78, 5) is 25.7. The van der Waals surface area contributed by atoms with Gasteiger partial charge in [-0.3, -0.25) is 4.79 Å². The topological polar surface area (TPSA) is 59.8 Å².